The minimum Gasteiger partial charge on any atom is -0.368 e. The molecule has 5 N–H and O–H groups in total. The Morgan fingerprint density at radius 3 is 3.18 bits per heavy atom. The van der Waals surface area contributed by atoms with E-state index in [1.165, 1.54) is 6.42 Å². The molecule has 1 unspecified atom stereocenters. The van der Waals surface area contributed by atoms with E-state index in [-0.39, 0.29) is 0 Å². The molecule has 0 radical (unpaired) electrons. The number of nitrogens with zero attached hydrogens (tertiary/aromatic N) is 2. The zero-order valence-electron chi connectivity index (χ0n) is 9.53. The van der Waals surface area contributed by atoms with Crippen LogP contribution < -0.4 is 16.4 Å². The second kappa shape index (κ2) is 4.21. The second-order valence-electron chi connectivity index (χ2n) is 4.36. The molecule has 1 aliphatic rings. The predicted octanol–water partition coefficient (Wildman–Crippen LogP) is 0.704. The summed E-state index contributed by atoms with van der Waals surface area (Å²) < 4.78 is 0. The molecule has 1 saturated heterocycles. The Balaban J connectivity index is 1.90. The van der Waals surface area contributed by atoms with Gasteiger partial charge in [0.15, 0.2) is 0 Å². The highest BCUT2D eigenvalue weighted by atomic mass is 15.1. The number of aromatic nitrogens is 3. The highest BCUT2D eigenvalue weighted by molar-refractivity contribution is 5.88. The van der Waals surface area contributed by atoms with Crippen LogP contribution in [0.25, 0.3) is 11.0 Å². The zero-order valence-corrected chi connectivity index (χ0v) is 9.53. The summed E-state index contributed by atoms with van der Waals surface area (Å²) in [7, 11) is 0. The van der Waals surface area contributed by atoms with Crippen LogP contribution in [0.3, 0.4) is 0 Å². The lowest BCUT2D eigenvalue weighted by molar-refractivity contribution is 0.479. The van der Waals surface area contributed by atoms with Gasteiger partial charge in [-0.1, -0.05) is 0 Å². The van der Waals surface area contributed by atoms with Crippen LogP contribution in [0.1, 0.15) is 12.8 Å². The molecule has 1 fully saturated rings. The first-order valence-electron chi connectivity index (χ1n) is 5.91. The van der Waals surface area contributed by atoms with E-state index in [9.17, 15) is 0 Å². The van der Waals surface area contributed by atoms with Gasteiger partial charge in [0.25, 0.3) is 0 Å². The van der Waals surface area contributed by atoms with Crippen molar-refractivity contribution in [1.29, 1.82) is 0 Å². The Morgan fingerprint density at radius 1 is 1.41 bits per heavy atom. The van der Waals surface area contributed by atoms with E-state index in [4.69, 9.17) is 5.73 Å². The van der Waals surface area contributed by atoms with Crippen LogP contribution in [-0.2, 0) is 0 Å². The van der Waals surface area contributed by atoms with Crippen molar-refractivity contribution in [3.63, 3.8) is 0 Å². The van der Waals surface area contributed by atoms with Crippen molar-refractivity contribution in [2.45, 2.75) is 18.9 Å². The van der Waals surface area contributed by atoms with E-state index >= 15 is 0 Å². The summed E-state index contributed by atoms with van der Waals surface area (Å²) in [6, 6.07) is 2.38. The largest absolute Gasteiger partial charge is 0.368 e. The molecular weight excluding hydrogens is 216 g/mol. The van der Waals surface area contributed by atoms with Crippen LogP contribution >= 0.6 is 0 Å². The maximum Gasteiger partial charge on any atom is 0.223 e. The van der Waals surface area contributed by atoms with Gasteiger partial charge in [0.05, 0.1) is 5.39 Å². The number of hydrogen-bond donors (Lipinski definition) is 4. The van der Waals surface area contributed by atoms with Crippen molar-refractivity contribution in [2.75, 3.05) is 24.1 Å². The molecule has 0 spiro atoms. The normalized spacial score (nSPS) is 20.6. The molecule has 17 heavy (non-hydrogen) atoms. The fraction of sp³-hybridized carbons (Fsp3) is 0.455. The summed E-state index contributed by atoms with van der Waals surface area (Å²) in [5.74, 6) is 1.12. The second-order valence-corrected chi connectivity index (χ2v) is 4.36. The van der Waals surface area contributed by atoms with E-state index in [1.54, 1.807) is 0 Å². The molecule has 90 valence electrons. The van der Waals surface area contributed by atoms with Crippen LogP contribution in [0.4, 0.5) is 11.8 Å². The number of nitrogen functional groups attached to an aromatic ring is 1. The van der Waals surface area contributed by atoms with Crippen molar-refractivity contribution >= 4 is 22.8 Å². The Kier molecular flexibility index (Phi) is 2.56. The van der Waals surface area contributed by atoms with Gasteiger partial charge in [0.2, 0.25) is 5.95 Å². The van der Waals surface area contributed by atoms with Crippen molar-refractivity contribution in [2.24, 2.45) is 0 Å². The molecule has 3 heterocycles. The molecule has 2 aromatic rings. The third-order valence-corrected chi connectivity index (χ3v) is 3.07. The summed E-state index contributed by atoms with van der Waals surface area (Å²) in [6.45, 7) is 2.07. The number of nitrogens with one attached hydrogen (secondary N) is 3. The summed E-state index contributed by atoms with van der Waals surface area (Å²) in [6.07, 6.45) is 4.19. The predicted molar refractivity (Wildman–Crippen MR) is 67.8 cm³/mol. The molecular formula is C11H16N6. The maximum absolute atomic E-state index is 5.69. The van der Waals surface area contributed by atoms with Gasteiger partial charge in [-0.15, -0.1) is 0 Å². The van der Waals surface area contributed by atoms with Crippen molar-refractivity contribution in [3.8, 4) is 0 Å². The monoisotopic (exact) mass is 232 g/mol. The van der Waals surface area contributed by atoms with Gasteiger partial charge in [-0.2, -0.15) is 9.97 Å². The molecule has 3 rings (SSSR count). The van der Waals surface area contributed by atoms with E-state index in [2.05, 4.69) is 25.6 Å². The van der Waals surface area contributed by atoms with Gasteiger partial charge in [0.1, 0.15) is 11.5 Å². The maximum atomic E-state index is 5.69. The molecule has 1 aliphatic heterocycles. The summed E-state index contributed by atoms with van der Waals surface area (Å²) in [4.78, 5) is 11.5. The number of anilines is 2. The number of piperidine rings is 1. The number of hydrogen-bond acceptors (Lipinski definition) is 5. The summed E-state index contributed by atoms with van der Waals surface area (Å²) in [5, 5.41) is 7.79. The average molecular weight is 232 g/mol. The number of aromatic amines is 1. The zero-order chi connectivity index (χ0) is 11.7. The SMILES string of the molecule is Nc1nc(NC2CCCNC2)c2cc[nH]c2n1. The molecule has 0 amide bonds. The van der Waals surface area contributed by atoms with E-state index in [0.29, 0.717) is 12.0 Å². The molecule has 6 heteroatoms. The van der Waals surface area contributed by atoms with Gasteiger partial charge in [-0.25, -0.2) is 0 Å². The third-order valence-electron chi connectivity index (χ3n) is 3.07. The molecule has 6 nitrogen and oxygen atoms in total. The molecule has 1 atom stereocenters. The standard InChI is InChI=1S/C11H16N6/c12-11-16-9-8(3-5-14-9)10(17-11)15-7-2-1-4-13-6-7/h3,5,7,13H,1-2,4,6H2,(H4,12,14,15,16,17). The Bertz CT molecular complexity index is 514. The lowest BCUT2D eigenvalue weighted by atomic mass is 10.1. The number of fused-ring (bicyclic) bond motifs is 1. The van der Waals surface area contributed by atoms with Crippen LogP contribution in [-0.4, -0.2) is 34.1 Å². The summed E-state index contributed by atoms with van der Waals surface area (Å²) >= 11 is 0. The lowest BCUT2D eigenvalue weighted by Gasteiger charge is -2.24. The van der Waals surface area contributed by atoms with Gasteiger partial charge >= 0.3 is 0 Å². The van der Waals surface area contributed by atoms with Crippen LogP contribution in [0.2, 0.25) is 0 Å². The van der Waals surface area contributed by atoms with E-state index < -0.39 is 0 Å². The molecule has 0 aliphatic carbocycles. The number of H-pyrrole nitrogens is 1. The minimum absolute atomic E-state index is 0.297. The lowest BCUT2D eigenvalue weighted by Crippen LogP contribution is -2.38. The van der Waals surface area contributed by atoms with Gasteiger partial charge in [-0.05, 0) is 25.5 Å². The third kappa shape index (κ3) is 2.03. The fourth-order valence-electron chi connectivity index (χ4n) is 2.24. The van der Waals surface area contributed by atoms with Crippen molar-refractivity contribution < 1.29 is 0 Å². The van der Waals surface area contributed by atoms with Gasteiger partial charge in [0, 0.05) is 18.8 Å². The smallest absolute Gasteiger partial charge is 0.223 e. The summed E-state index contributed by atoms with van der Waals surface area (Å²) in [5.41, 5.74) is 6.47. The number of nitrogens with two attached hydrogens (primary N) is 1. The Morgan fingerprint density at radius 2 is 2.35 bits per heavy atom. The first kappa shape index (κ1) is 10.3. The van der Waals surface area contributed by atoms with E-state index in [0.717, 1.165) is 36.4 Å². The molecule has 0 bridgehead atoms. The Hall–Kier alpha value is -1.82. The Labute approximate surface area is 99.0 Å². The highest BCUT2D eigenvalue weighted by Gasteiger charge is 2.15. The van der Waals surface area contributed by atoms with Crippen molar-refractivity contribution in [1.82, 2.24) is 20.3 Å². The first-order chi connectivity index (χ1) is 8.33. The quantitative estimate of drug-likeness (QED) is 0.612. The van der Waals surface area contributed by atoms with Crippen LogP contribution in [0.15, 0.2) is 12.3 Å². The van der Waals surface area contributed by atoms with Gasteiger partial charge < -0.3 is 21.4 Å². The fourth-order valence-corrected chi connectivity index (χ4v) is 2.24. The van der Waals surface area contributed by atoms with Gasteiger partial charge in [-0.3, -0.25) is 0 Å². The topological polar surface area (TPSA) is 91.6 Å². The molecule has 2 aromatic heterocycles. The van der Waals surface area contributed by atoms with Crippen LogP contribution in [0, 0.1) is 0 Å². The van der Waals surface area contributed by atoms with Crippen molar-refractivity contribution in [3.05, 3.63) is 12.3 Å². The molecule has 0 aromatic carbocycles. The highest BCUT2D eigenvalue weighted by Crippen LogP contribution is 2.21. The molecule has 0 saturated carbocycles. The average Bonchev–Trinajstić information content (AvgIpc) is 2.78. The number of rotatable bonds is 2. The van der Waals surface area contributed by atoms with Crippen LogP contribution in [0.5, 0.6) is 0 Å². The first-order valence-corrected chi connectivity index (χ1v) is 5.91. The van der Waals surface area contributed by atoms with E-state index in [1.807, 2.05) is 12.3 Å². The minimum atomic E-state index is 0.297.